The van der Waals surface area contributed by atoms with Gasteiger partial charge in [-0.2, -0.15) is 85.0 Å². The normalized spacial score (nSPS) is 14.9. The van der Waals surface area contributed by atoms with Crippen LogP contribution in [0, 0.1) is 32.8 Å². The third kappa shape index (κ3) is 12.5. The molecule has 0 heterocycles. The molecule has 0 amide bonds. The molecule has 2 heteroatoms. The van der Waals surface area contributed by atoms with Gasteiger partial charge in [-0.05, 0) is 6.42 Å². The van der Waals surface area contributed by atoms with E-state index in [1.165, 1.54) is 31.7 Å². The maximum absolute atomic E-state index is 3.72. The first-order valence-electron chi connectivity index (χ1n) is 14.3. The summed E-state index contributed by atoms with van der Waals surface area (Å²) in [6, 6.07) is 42.1. The molecule has 1 atom stereocenters. The predicted molar refractivity (Wildman–Crippen MR) is 178 cm³/mol. The molecule has 4 aromatic rings. The Morgan fingerprint density at radius 2 is 1.00 bits per heavy atom. The maximum Gasteiger partial charge on any atom is 4.00 e. The minimum Gasteiger partial charge on any atom is -0.269 e. The predicted octanol–water partition coefficient (Wildman–Crippen LogP) is 10.1. The summed E-state index contributed by atoms with van der Waals surface area (Å²) in [4.78, 5) is 0. The van der Waals surface area contributed by atoms with Crippen LogP contribution in [0.15, 0.2) is 139 Å². The Hall–Kier alpha value is -3.10. The Balaban J connectivity index is 0.000000220. The summed E-state index contributed by atoms with van der Waals surface area (Å²) in [6.07, 6.45) is 11.3. The number of rotatable bonds is 3. The minimum absolute atomic E-state index is 0. The van der Waals surface area contributed by atoms with E-state index in [0.29, 0.717) is 5.92 Å². The van der Waals surface area contributed by atoms with Crippen LogP contribution in [0.2, 0.25) is 19.1 Å². The molecular weight excluding hydrogens is 544 g/mol. The quantitative estimate of drug-likeness (QED) is 0.165. The van der Waals surface area contributed by atoms with Crippen LogP contribution < -0.4 is 5.19 Å². The average Bonchev–Trinajstić information content (AvgIpc) is 3.38. The van der Waals surface area contributed by atoms with Gasteiger partial charge >= 0.3 is 21.7 Å². The van der Waals surface area contributed by atoms with Gasteiger partial charge in [0.25, 0.3) is 0 Å². The monoisotopic (exact) mass is 588 g/mol. The van der Waals surface area contributed by atoms with E-state index in [9.17, 15) is 0 Å². The third-order valence-corrected chi connectivity index (χ3v) is 10.6. The zero-order valence-corrected chi connectivity index (χ0v) is 27.4. The van der Waals surface area contributed by atoms with Crippen LogP contribution in [0.1, 0.15) is 42.4 Å². The third-order valence-electron chi connectivity index (χ3n) is 7.23. The maximum atomic E-state index is 3.72. The summed E-state index contributed by atoms with van der Waals surface area (Å²) < 4.78 is 0. The van der Waals surface area contributed by atoms with Crippen molar-refractivity contribution < 1.29 is 21.7 Å². The second-order valence-corrected chi connectivity index (χ2v) is 15.8. The fourth-order valence-corrected chi connectivity index (χ4v) is 7.67. The van der Waals surface area contributed by atoms with Gasteiger partial charge < -0.3 is 0 Å². The molecule has 208 valence electrons. The molecule has 0 aliphatic heterocycles. The standard InChI is InChI=1S/C18H23Si.3C7H7.Ti/c1-19(2,17-9-4-3-5-10-17)14-16-13-12-15-8-6-7-11-18(15)16;3*1-7-5-3-2-4-6-7;/h3-5,9-10,12,16H,6-8,11,14H2,1-2H3;3*2-6H,1H2;/q4*-1;+4. The Kier molecular flexibility index (Phi) is 15.3. The molecule has 41 heavy (non-hydrogen) atoms. The van der Waals surface area contributed by atoms with Crippen molar-refractivity contribution in [1.82, 2.24) is 0 Å². The van der Waals surface area contributed by atoms with Crippen LogP contribution in [-0.4, -0.2) is 8.07 Å². The number of hydrogen-bond acceptors (Lipinski definition) is 0. The molecule has 2 aliphatic carbocycles. The van der Waals surface area contributed by atoms with Gasteiger partial charge in [0.2, 0.25) is 0 Å². The molecule has 2 aliphatic rings. The van der Waals surface area contributed by atoms with E-state index < -0.39 is 8.07 Å². The summed E-state index contributed by atoms with van der Waals surface area (Å²) in [7, 11) is -1.34. The van der Waals surface area contributed by atoms with Crippen LogP contribution in [0.3, 0.4) is 0 Å². The van der Waals surface area contributed by atoms with Crippen LogP contribution >= 0.6 is 0 Å². The van der Waals surface area contributed by atoms with Gasteiger partial charge in [0.1, 0.15) is 0 Å². The van der Waals surface area contributed by atoms with E-state index in [0.717, 1.165) is 16.7 Å². The second-order valence-electron chi connectivity index (χ2n) is 11.0. The van der Waals surface area contributed by atoms with Gasteiger partial charge in [-0.3, -0.25) is 6.08 Å². The van der Waals surface area contributed by atoms with Crippen molar-refractivity contribution in [2.45, 2.75) is 44.8 Å². The molecule has 0 spiro atoms. The van der Waals surface area contributed by atoms with E-state index >= 15 is 0 Å². The van der Waals surface area contributed by atoms with Gasteiger partial charge in [-0.1, -0.05) is 98.0 Å². The summed E-state index contributed by atoms with van der Waals surface area (Å²) in [5, 5.41) is 1.58. The summed E-state index contributed by atoms with van der Waals surface area (Å²) in [5.74, 6) is 0.622. The number of benzene rings is 4. The number of hydrogen-bond donors (Lipinski definition) is 0. The van der Waals surface area contributed by atoms with Crippen LogP contribution in [-0.2, 0) is 21.7 Å². The van der Waals surface area contributed by atoms with E-state index in [2.05, 4.69) is 76.3 Å². The van der Waals surface area contributed by atoms with Crippen molar-refractivity contribution in [2.24, 2.45) is 5.92 Å². The van der Waals surface area contributed by atoms with Crippen molar-refractivity contribution >= 4 is 13.3 Å². The van der Waals surface area contributed by atoms with Crippen molar-refractivity contribution in [3.8, 4) is 0 Å². The van der Waals surface area contributed by atoms with E-state index in [1.807, 2.05) is 91.0 Å². The van der Waals surface area contributed by atoms with Gasteiger partial charge in [0, 0.05) is 0 Å². The summed E-state index contributed by atoms with van der Waals surface area (Å²) in [5.41, 5.74) is 6.56. The molecule has 0 saturated carbocycles. The Morgan fingerprint density at radius 3 is 1.39 bits per heavy atom. The van der Waals surface area contributed by atoms with Crippen LogP contribution in [0.25, 0.3) is 0 Å². The van der Waals surface area contributed by atoms with Crippen LogP contribution in [0.5, 0.6) is 0 Å². The van der Waals surface area contributed by atoms with Crippen molar-refractivity contribution in [2.75, 3.05) is 0 Å². The van der Waals surface area contributed by atoms with Crippen molar-refractivity contribution in [3.05, 3.63) is 182 Å². The van der Waals surface area contributed by atoms with Gasteiger partial charge in [-0.25, -0.2) is 6.08 Å². The molecule has 0 N–H and O–H groups in total. The Labute approximate surface area is 266 Å². The van der Waals surface area contributed by atoms with Crippen molar-refractivity contribution in [1.29, 1.82) is 0 Å². The Morgan fingerprint density at radius 1 is 0.610 bits per heavy atom. The molecule has 0 fully saturated rings. The first kappa shape index (κ1) is 34.1. The first-order chi connectivity index (χ1) is 19.3. The second kappa shape index (κ2) is 18.4. The SMILES string of the molecule is C[Si](C)(CC1[C-]=CC2=C1CCCC2)c1ccccc1.[CH2-]c1ccccc1.[CH2-]c1ccccc1.[CH2-]c1ccccc1.[Ti+4]. The molecular formula is C39H44SiTi. The Bertz CT molecular complexity index is 1200. The molecule has 0 bridgehead atoms. The topological polar surface area (TPSA) is 0 Å². The van der Waals surface area contributed by atoms with E-state index in [1.54, 1.807) is 16.3 Å². The average molecular weight is 589 g/mol. The zero-order chi connectivity index (χ0) is 28.6. The summed E-state index contributed by atoms with van der Waals surface area (Å²) >= 11 is 0. The molecule has 6 rings (SSSR count). The van der Waals surface area contributed by atoms with Gasteiger partial charge in [-0.15, -0.1) is 36.4 Å². The molecule has 0 nitrogen and oxygen atoms in total. The van der Waals surface area contributed by atoms with E-state index in [-0.39, 0.29) is 21.7 Å². The molecule has 0 aromatic heterocycles. The smallest absolute Gasteiger partial charge is 0.269 e. The van der Waals surface area contributed by atoms with Gasteiger partial charge in [0.15, 0.2) is 0 Å². The van der Waals surface area contributed by atoms with Crippen molar-refractivity contribution in [3.63, 3.8) is 0 Å². The largest absolute Gasteiger partial charge is 4.00 e. The molecule has 4 aromatic carbocycles. The van der Waals surface area contributed by atoms with Crippen LogP contribution in [0.4, 0.5) is 0 Å². The fraction of sp³-hybridized carbons (Fsp3) is 0.205. The fourth-order valence-electron chi connectivity index (χ4n) is 4.95. The summed E-state index contributed by atoms with van der Waals surface area (Å²) in [6.45, 7) is 16.2. The van der Waals surface area contributed by atoms with E-state index in [4.69, 9.17) is 0 Å². The first-order valence-corrected chi connectivity index (χ1v) is 17.5. The molecule has 0 radical (unpaired) electrons. The molecule has 0 saturated heterocycles. The number of allylic oxidation sites excluding steroid dienone is 4. The van der Waals surface area contributed by atoms with Gasteiger partial charge in [0.05, 0.1) is 8.07 Å². The zero-order valence-electron chi connectivity index (χ0n) is 24.9. The molecule has 1 unspecified atom stereocenters. The minimum atomic E-state index is -1.34.